The zero-order valence-corrected chi connectivity index (χ0v) is 16.4. The van der Waals surface area contributed by atoms with Crippen LogP contribution in [0.4, 0.5) is 11.4 Å². The molecule has 6 nitrogen and oxygen atoms in total. The summed E-state index contributed by atoms with van der Waals surface area (Å²) in [6, 6.07) is 16.8. The van der Waals surface area contributed by atoms with Gasteiger partial charge in [-0.3, -0.25) is 0 Å². The van der Waals surface area contributed by atoms with Crippen LogP contribution in [0.2, 0.25) is 0 Å². The first-order valence-corrected chi connectivity index (χ1v) is 10.1. The Kier molecular flexibility index (Phi) is 4.53. The maximum Gasteiger partial charge on any atom is 0.0991 e. The minimum Gasteiger partial charge on any atom is -0.377 e. The summed E-state index contributed by atoms with van der Waals surface area (Å²) < 4.78 is 5.86. The maximum atomic E-state index is 9.17. The lowest BCUT2D eigenvalue weighted by molar-refractivity contribution is -0.0225. The van der Waals surface area contributed by atoms with Crippen LogP contribution in [0.15, 0.2) is 48.7 Å². The average Bonchev–Trinajstić information content (AvgIpc) is 2.79. The SMILES string of the molecule is C[C@@H](Nc1cnnc2ccc(N3CC4CCC3CO4)cc12)c1cccc(C#N)c1. The molecule has 2 unspecified atom stereocenters. The fraction of sp³-hybridized carbons (Fsp3) is 0.348. The molecule has 3 aliphatic rings. The molecule has 1 N–H and O–H groups in total. The van der Waals surface area contributed by atoms with Gasteiger partial charge in [-0.25, -0.2) is 0 Å². The van der Waals surface area contributed by atoms with Crippen molar-refractivity contribution in [2.45, 2.75) is 38.0 Å². The summed E-state index contributed by atoms with van der Waals surface area (Å²) in [6.07, 6.45) is 4.47. The summed E-state index contributed by atoms with van der Waals surface area (Å²) in [5.41, 5.74) is 4.76. The van der Waals surface area contributed by atoms with Crippen LogP contribution >= 0.6 is 0 Å². The molecule has 3 atom stereocenters. The minimum absolute atomic E-state index is 0.0405. The molecular formula is C23H23N5O. The molecule has 29 heavy (non-hydrogen) atoms. The number of hydrogen-bond acceptors (Lipinski definition) is 6. The molecule has 3 saturated heterocycles. The summed E-state index contributed by atoms with van der Waals surface area (Å²) in [6.45, 7) is 3.86. The van der Waals surface area contributed by atoms with Gasteiger partial charge < -0.3 is 15.0 Å². The van der Waals surface area contributed by atoms with Crippen molar-refractivity contribution in [3.05, 3.63) is 59.8 Å². The molecule has 6 heteroatoms. The third-order valence-corrected chi connectivity index (χ3v) is 6.03. The fourth-order valence-electron chi connectivity index (χ4n) is 4.40. The molecule has 3 fully saturated rings. The van der Waals surface area contributed by atoms with E-state index in [1.54, 1.807) is 6.20 Å². The third kappa shape index (κ3) is 3.39. The molecule has 3 aliphatic heterocycles. The summed E-state index contributed by atoms with van der Waals surface area (Å²) in [5, 5.41) is 22.3. The highest BCUT2D eigenvalue weighted by Crippen LogP contribution is 2.34. The molecule has 2 bridgehead atoms. The number of benzene rings is 2. The van der Waals surface area contributed by atoms with Crippen molar-refractivity contribution >= 4 is 22.3 Å². The number of rotatable bonds is 4. The van der Waals surface area contributed by atoms with Crippen molar-refractivity contribution in [1.29, 1.82) is 5.26 Å². The number of nitriles is 1. The lowest BCUT2D eigenvalue weighted by Crippen LogP contribution is -2.54. The molecule has 1 aromatic heterocycles. The first-order valence-electron chi connectivity index (χ1n) is 10.1. The van der Waals surface area contributed by atoms with E-state index in [0.29, 0.717) is 17.7 Å². The van der Waals surface area contributed by atoms with Crippen LogP contribution in [0.25, 0.3) is 10.9 Å². The number of ether oxygens (including phenoxy) is 1. The Hall–Kier alpha value is -3.17. The second-order valence-electron chi connectivity index (χ2n) is 7.90. The highest BCUT2D eigenvalue weighted by atomic mass is 16.5. The second-order valence-corrected chi connectivity index (χ2v) is 7.90. The van der Waals surface area contributed by atoms with Crippen LogP contribution in [0, 0.1) is 11.3 Å². The monoisotopic (exact) mass is 385 g/mol. The average molecular weight is 385 g/mol. The van der Waals surface area contributed by atoms with Gasteiger partial charge in [0.05, 0.1) is 47.8 Å². The second kappa shape index (κ2) is 7.34. The number of nitrogens with zero attached hydrogens (tertiary/aromatic N) is 4. The number of piperidine rings is 1. The van der Waals surface area contributed by atoms with Gasteiger partial charge in [0.25, 0.3) is 0 Å². The summed E-state index contributed by atoms with van der Waals surface area (Å²) in [4.78, 5) is 2.47. The first kappa shape index (κ1) is 17.9. The van der Waals surface area contributed by atoms with Gasteiger partial charge in [-0.2, -0.15) is 15.5 Å². The summed E-state index contributed by atoms with van der Waals surface area (Å²) in [5.74, 6) is 0. The molecule has 146 valence electrons. The van der Waals surface area contributed by atoms with Crippen LogP contribution in [0.1, 0.15) is 36.9 Å². The van der Waals surface area contributed by atoms with Gasteiger partial charge in [-0.05, 0) is 55.7 Å². The van der Waals surface area contributed by atoms with Gasteiger partial charge >= 0.3 is 0 Å². The van der Waals surface area contributed by atoms with Crippen molar-refractivity contribution in [3.8, 4) is 6.07 Å². The zero-order chi connectivity index (χ0) is 19.8. The number of morpholine rings is 1. The molecule has 6 rings (SSSR count). The quantitative estimate of drug-likeness (QED) is 0.731. The Morgan fingerprint density at radius 3 is 2.93 bits per heavy atom. The highest BCUT2D eigenvalue weighted by Gasteiger charge is 2.34. The maximum absolute atomic E-state index is 9.17. The van der Waals surface area contributed by atoms with Crippen LogP contribution in [-0.4, -0.2) is 35.5 Å². The molecule has 0 amide bonds. The molecular weight excluding hydrogens is 362 g/mol. The van der Waals surface area contributed by atoms with Crippen molar-refractivity contribution < 1.29 is 4.74 Å². The Morgan fingerprint density at radius 2 is 2.17 bits per heavy atom. The molecule has 0 aliphatic carbocycles. The van der Waals surface area contributed by atoms with Gasteiger partial charge in [0, 0.05) is 23.7 Å². The standard InChI is InChI=1S/C23H23N5O/c1-15(17-4-2-3-16(9-17)11-24)26-23-12-25-27-22-8-6-18(10-21(22)23)28-13-20-7-5-19(28)14-29-20/h2-4,6,8-10,12,15,19-20H,5,7,13-14H2,1H3,(H,26,27)/t15-,19?,20?/m1/s1. The fourth-order valence-corrected chi connectivity index (χ4v) is 4.40. The van der Waals surface area contributed by atoms with Crippen LogP contribution in [-0.2, 0) is 4.74 Å². The van der Waals surface area contributed by atoms with E-state index in [0.717, 1.165) is 41.7 Å². The van der Waals surface area contributed by atoms with E-state index in [9.17, 15) is 5.26 Å². The Balaban J connectivity index is 1.46. The number of hydrogen-bond donors (Lipinski definition) is 1. The van der Waals surface area contributed by atoms with Crippen molar-refractivity contribution in [2.24, 2.45) is 0 Å². The van der Waals surface area contributed by atoms with Crippen molar-refractivity contribution in [1.82, 2.24) is 10.2 Å². The van der Waals surface area contributed by atoms with Gasteiger partial charge in [0.1, 0.15) is 0 Å². The van der Waals surface area contributed by atoms with Crippen molar-refractivity contribution in [3.63, 3.8) is 0 Å². The lowest BCUT2D eigenvalue weighted by atomic mass is 9.96. The van der Waals surface area contributed by atoms with E-state index in [2.05, 4.69) is 45.5 Å². The van der Waals surface area contributed by atoms with E-state index in [1.807, 2.05) is 30.3 Å². The number of anilines is 2. The van der Waals surface area contributed by atoms with E-state index < -0.39 is 0 Å². The number of nitrogens with one attached hydrogen (secondary N) is 1. The first-order chi connectivity index (χ1) is 14.2. The van der Waals surface area contributed by atoms with Gasteiger partial charge in [0.2, 0.25) is 0 Å². The Bertz CT molecular complexity index is 1080. The Morgan fingerprint density at radius 1 is 1.24 bits per heavy atom. The van der Waals surface area contributed by atoms with E-state index in [1.165, 1.54) is 12.1 Å². The molecule has 0 radical (unpaired) electrons. The van der Waals surface area contributed by atoms with Crippen molar-refractivity contribution in [2.75, 3.05) is 23.4 Å². The highest BCUT2D eigenvalue weighted by molar-refractivity contribution is 5.93. The van der Waals surface area contributed by atoms with Crippen LogP contribution in [0.3, 0.4) is 0 Å². The van der Waals surface area contributed by atoms with E-state index in [4.69, 9.17) is 4.74 Å². The van der Waals surface area contributed by atoms with Gasteiger partial charge in [-0.15, -0.1) is 0 Å². The molecule has 0 spiro atoms. The largest absolute Gasteiger partial charge is 0.377 e. The molecule has 2 aromatic carbocycles. The van der Waals surface area contributed by atoms with E-state index >= 15 is 0 Å². The molecule has 3 aromatic rings. The predicted octanol–water partition coefficient (Wildman–Crippen LogP) is 4.04. The predicted molar refractivity (Wildman–Crippen MR) is 113 cm³/mol. The van der Waals surface area contributed by atoms with Crippen LogP contribution in [0.5, 0.6) is 0 Å². The third-order valence-electron chi connectivity index (χ3n) is 6.03. The number of aromatic nitrogens is 2. The van der Waals surface area contributed by atoms with E-state index in [-0.39, 0.29) is 6.04 Å². The van der Waals surface area contributed by atoms with Gasteiger partial charge in [0.15, 0.2) is 0 Å². The topological polar surface area (TPSA) is 74.1 Å². The summed E-state index contributed by atoms with van der Waals surface area (Å²) >= 11 is 0. The van der Waals surface area contributed by atoms with Crippen LogP contribution < -0.4 is 10.2 Å². The summed E-state index contributed by atoms with van der Waals surface area (Å²) in [7, 11) is 0. The minimum atomic E-state index is 0.0405. The number of fused-ring (bicyclic) bond motifs is 4. The Labute approximate surface area is 170 Å². The normalized spacial score (nSPS) is 21.7. The van der Waals surface area contributed by atoms with Gasteiger partial charge in [-0.1, -0.05) is 12.1 Å². The zero-order valence-electron chi connectivity index (χ0n) is 16.4. The molecule has 4 heterocycles. The lowest BCUT2D eigenvalue weighted by Gasteiger charge is -2.46. The molecule has 0 saturated carbocycles. The smallest absolute Gasteiger partial charge is 0.0991 e.